The Morgan fingerprint density at radius 1 is 0.941 bits per heavy atom. The molecular formula is C13H10Cl2IN. The normalized spacial score (nSPS) is 12.5. The Labute approximate surface area is 124 Å². The van der Waals surface area contributed by atoms with Gasteiger partial charge in [-0.25, -0.2) is 0 Å². The molecule has 0 fully saturated rings. The minimum absolute atomic E-state index is 0.183. The van der Waals surface area contributed by atoms with Gasteiger partial charge in [0.15, 0.2) is 0 Å². The molecule has 0 aromatic heterocycles. The Kier molecular flexibility index (Phi) is 4.31. The highest BCUT2D eigenvalue weighted by Crippen LogP contribution is 2.27. The monoisotopic (exact) mass is 377 g/mol. The lowest BCUT2D eigenvalue weighted by Crippen LogP contribution is -2.13. The average molecular weight is 378 g/mol. The molecule has 1 nitrogen and oxygen atoms in total. The van der Waals surface area contributed by atoms with E-state index in [-0.39, 0.29) is 6.04 Å². The second-order valence-corrected chi connectivity index (χ2v) is 5.73. The summed E-state index contributed by atoms with van der Waals surface area (Å²) in [7, 11) is 0. The quantitative estimate of drug-likeness (QED) is 0.757. The van der Waals surface area contributed by atoms with E-state index in [2.05, 4.69) is 22.6 Å². The van der Waals surface area contributed by atoms with Crippen LogP contribution in [0.4, 0.5) is 0 Å². The molecule has 2 N–H and O–H groups in total. The van der Waals surface area contributed by atoms with Crippen LogP contribution in [0.1, 0.15) is 17.2 Å². The molecule has 2 rings (SSSR count). The van der Waals surface area contributed by atoms with Crippen LogP contribution in [0.2, 0.25) is 10.0 Å². The second-order valence-electron chi connectivity index (χ2n) is 3.70. The standard InChI is InChI=1S/C13H10Cl2IN/c14-9-3-1-8(2-4-9)13(17)11-7-10(15)5-6-12(11)16/h1-7,13H,17H2. The molecule has 2 aromatic carbocycles. The summed E-state index contributed by atoms with van der Waals surface area (Å²) in [6.07, 6.45) is 0. The summed E-state index contributed by atoms with van der Waals surface area (Å²) in [4.78, 5) is 0. The minimum Gasteiger partial charge on any atom is -0.320 e. The van der Waals surface area contributed by atoms with Crippen LogP contribution in [0.5, 0.6) is 0 Å². The van der Waals surface area contributed by atoms with Crippen LogP contribution in [-0.4, -0.2) is 0 Å². The van der Waals surface area contributed by atoms with Crippen molar-refractivity contribution in [2.75, 3.05) is 0 Å². The molecule has 0 saturated heterocycles. The first-order valence-electron chi connectivity index (χ1n) is 5.04. The maximum absolute atomic E-state index is 6.23. The SMILES string of the molecule is NC(c1ccc(Cl)cc1)c1cc(Cl)ccc1I. The first kappa shape index (κ1) is 13.1. The summed E-state index contributed by atoms with van der Waals surface area (Å²) in [6.45, 7) is 0. The molecule has 0 spiro atoms. The zero-order valence-electron chi connectivity index (χ0n) is 8.83. The van der Waals surface area contributed by atoms with Crippen molar-refractivity contribution in [1.82, 2.24) is 0 Å². The molecule has 0 saturated carbocycles. The third kappa shape index (κ3) is 3.13. The number of hydrogen-bond donors (Lipinski definition) is 1. The van der Waals surface area contributed by atoms with Crippen LogP contribution in [-0.2, 0) is 0 Å². The molecule has 0 aliphatic heterocycles. The van der Waals surface area contributed by atoms with Gasteiger partial charge in [-0.1, -0.05) is 35.3 Å². The average Bonchev–Trinajstić information content (AvgIpc) is 2.32. The van der Waals surface area contributed by atoms with Gasteiger partial charge in [0.2, 0.25) is 0 Å². The van der Waals surface area contributed by atoms with E-state index >= 15 is 0 Å². The fraction of sp³-hybridized carbons (Fsp3) is 0.0769. The second kappa shape index (κ2) is 5.57. The lowest BCUT2D eigenvalue weighted by Gasteiger charge is -2.14. The van der Waals surface area contributed by atoms with E-state index < -0.39 is 0 Å². The highest BCUT2D eigenvalue weighted by atomic mass is 127. The largest absolute Gasteiger partial charge is 0.320 e. The summed E-state index contributed by atoms with van der Waals surface area (Å²) in [5.74, 6) is 0. The van der Waals surface area contributed by atoms with Gasteiger partial charge in [-0.05, 0) is 64.0 Å². The molecule has 88 valence electrons. The van der Waals surface area contributed by atoms with E-state index in [4.69, 9.17) is 28.9 Å². The summed E-state index contributed by atoms with van der Waals surface area (Å²) in [5.41, 5.74) is 8.28. The topological polar surface area (TPSA) is 26.0 Å². The van der Waals surface area contributed by atoms with Gasteiger partial charge >= 0.3 is 0 Å². The van der Waals surface area contributed by atoms with Crippen molar-refractivity contribution in [3.8, 4) is 0 Å². The summed E-state index contributed by atoms with van der Waals surface area (Å²) in [6, 6.07) is 13.1. The third-order valence-electron chi connectivity index (χ3n) is 2.52. The molecule has 0 aliphatic rings. The number of halogens is 3. The zero-order chi connectivity index (χ0) is 12.4. The van der Waals surface area contributed by atoms with Crippen molar-refractivity contribution >= 4 is 45.8 Å². The molecule has 2 aromatic rings. The van der Waals surface area contributed by atoms with Gasteiger partial charge in [0.1, 0.15) is 0 Å². The first-order valence-corrected chi connectivity index (χ1v) is 6.87. The number of nitrogens with two attached hydrogens (primary N) is 1. The van der Waals surface area contributed by atoms with Gasteiger partial charge in [0.05, 0.1) is 6.04 Å². The highest BCUT2D eigenvalue weighted by Gasteiger charge is 2.12. The van der Waals surface area contributed by atoms with E-state index in [1.807, 2.05) is 42.5 Å². The van der Waals surface area contributed by atoms with Gasteiger partial charge in [-0.3, -0.25) is 0 Å². The molecular weight excluding hydrogens is 368 g/mol. The Bertz CT molecular complexity index is 525. The third-order valence-corrected chi connectivity index (χ3v) is 3.99. The Morgan fingerprint density at radius 3 is 2.18 bits per heavy atom. The fourth-order valence-corrected chi connectivity index (χ4v) is 2.58. The van der Waals surface area contributed by atoms with Crippen molar-refractivity contribution in [1.29, 1.82) is 0 Å². The van der Waals surface area contributed by atoms with Crippen LogP contribution >= 0.6 is 45.8 Å². The van der Waals surface area contributed by atoms with Crippen molar-refractivity contribution in [2.24, 2.45) is 5.73 Å². The van der Waals surface area contributed by atoms with Gasteiger partial charge in [-0.15, -0.1) is 0 Å². The predicted molar refractivity (Wildman–Crippen MR) is 81.7 cm³/mol. The number of rotatable bonds is 2. The van der Waals surface area contributed by atoms with Gasteiger partial charge in [0.25, 0.3) is 0 Å². The molecule has 0 heterocycles. The summed E-state index contributed by atoms with van der Waals surface area (Å²) in [5, 5.41) is 1.41. The first-order chi connectivity index (χ1) is 8.08. The molecule has 1 unspecified atom stereocenters. The maximum atomic E-state index is 6.23. The van der Waals surface area contributed by atoms with E-state index in [0.29, 0.717) is 10.0 Å². The van der Waals surface area contributed by atoms with Crippen LogP contribution in [0.15, 0.2) is 42.5 Å². The van der Waals surface area contributed by atoms with Crippen molar-refractivity contribution in [3.05, 3.63) is 67.2 Å². The van der Waals surface area contributed by atoms with Crippen molar-refractivity contribution in [3.63, 3.8) is 0 Å². The van der Waals surface area contributed by atoms with Crippen LogP contribution in [0, 0.1) is 3.57 Å². The van der Waals surface area contributed by atoms with Crippen LogP contribution < -0.4 is 5.73 Å². The molecule has 1 atom stereocenters. The summed E-state index contributed by atoms with van der Waals surface area (Å²) >= 11 is 14.1. The maximum Gasteiger partial charge on any atom is 0.0562 e. The number of hydrogen-bond acceptors (Lipinski definition) is 1. The zero-order valence-corrected chi connectivity index (χ0v) is 12.5. The minimum atomic E-state index is -0.183. The van der Waals surface area contributed by atoms with Crippen molar-refractivity contribution in [2.45, 2.75) is 6.04 Å². The smallest absolute Gasteiger partial charge is 0.0562 e. The predicted octanol–water partition coefficient (Wildman–Crippen LogP) is 4.65. The van der Waals surface area contributed by atoms with E-state index in [0.717, 1.165) is 14.7 Å². The van der Waals surface area contributed by atoms with Crippen LogP contribution in [0.3, 0.4) is 0 Å². The van der Waals surface area contributed by atoms with Gasteiger partial charge < -0.3 is 5.73 Å². The number of benzene rings is 2. The molecule has 0 radical (unpaired) electrons. The molecule has 4 heteroatoms. The Hall–Kier alpha value is -0.290. The molecule has 0 aliphatic carbocycles. The lowest BCUT2D eigenvalue weighted by molar-refractivity contribution is 0.865. The Balaban J connectivity index is 2.39. The molecule has 0 amide bonds. The fourth-order valence-electron chi connectivity index (χ4n) is 1.60. The van der Waals surface area contributed by atoms with E-state index in [9.17, 15) is 0 Å². The highest BCUT2D eigenvalue weighted by molar-refractivity contribution is 14.1. The Morgan fingerprint density at radius 2 is 1.53 bits per heavy atom. The van der Waals surface area contributed by atoms with Gasteiger partial charge in [0, 0.05) is 13.6 Å². The van der Waals surface area contributed by atoms with Gasteiger partial charge in [-0.2, -0.15) is 0 Å². The molecule has 0 bridgehead atoms. The van der Waals surface area contributed by atoms with E-state index in [1.165, 1.54) is 0 Å². The van der Waals surface area contributed by atoms with Crippen molar-refractivity contribution < 1.29 is 0 Å². The lowest BCUT2D eigenvalue weighted by atomic mass is 10.00. The molecule has 17 heavy (non-hydrogen) atoms. The summed E-state index contributed by atoms with van der Waals surface area (Å²) < 4.78 is 1.11. The van der Waals surface area contributed by atoms with E-state index in [1.54, 1.807) is 0 Å². The van der Waals surface area contributed by atoms with Crippen LogP contribution in [0.25, 0.3) is 0 Å².